The van der Waals surface area contributed by atoms with Gasteiger partial charge in [0.2, 0.25) is 5.91 Å². The molecule has 0 saturated heterocycles. The summed E-state index contributed by atoms with van der Waals surface area (Å²) in [6.07, 6.45) is 0.979. The molecular formula is C15H16ClFN4O6S. The lowest BCUT2D eigenvalue weighted by Crippen LogP contribution is -2.33. The SMILES string of the molecule is CS(=O)(=O)CC(=O)NCCOc1nonc1C(Cc1ccc(F)c(Cl)c1)=NO. The number of nitrogens with zero attached hydrogens (tertiary/aromatic N) is 3. The first kappa shape index (κ1) is 21.6. The highest BCUT2D eigenvalue weighted by Crippen LogP contribution is 2.20. The molecule has 0 bridgehead atoms. The lowest BCUT2D eigenvalue weighted by molar-refractivity contribution is -0.118. The van der Waals surface area contributed by atoms with Gasteiger partial charge in [0.25, 0.3) is 5.88 Å². The Morgan fingerprint density at radius 3 is 2.82 bits per heavy atom. The monoisotopic (exact) mass is 434 g/mol. The summed E-state index contributed by atoms with van der Waals surface area (Å²) in [5.74, 6) is -1.99. The number of oxime groups is 1. The molecule has 0 atom stereocenters. The van der Waals surface area contributed by atoms with Gasteiger partial charge in [0.1, 0.15) is 23.9 Å². The molecule has 1 amide bonds. The van der Waals surface area contributed by atoms with Crippen molar-refractivity contribution in [1.29, 1.82) is 0 Å². The number of nitrogens with one attached hydrogen (secondary N) is 1. The molecule has 1 heterocycles. The molecule has 2 rings (SSSR count). The van der Waals surface area contributed by atoms with Crippen molar-refractivity contribution in [1.82, 2.24) is 15.6 Å². The maximum atomic E-state index is 13.2. The molecule has 28 heavy (non-hydrogen) atoms. The van der Waals surface area contributed by atoms with Gasteiger partial charge in [0.15, 0.2) is 15.5 Å². The van der Waals surface area contributed by atoms with Crippen LogP contribution in [-0.2, 0) is 21.1 Å². The van der Waals surface area contributed by atoms with Crippen LogP contribution in [0.5, 0.6) is 5.88 Å². The van der Waals surface area contributed by atoms with Gasteiger partial charge in [0.05, 0.1) is 11.6 Å². The summed E-state index contributed by atoms with van der Waals surface area (Å²) in [7, 11) is -3.43. The first-order chi connectivity index (χ1) is 13.2. The maximum absolute atomic E-state index is 13.2. The highest BCUT2D eigenvalue weighted by Gasteiger charge is 2.20. The lowest BCUT2D eigenvalue weighted by atomic mass is 10.1. The van der Waals surface area contributed by atoms with Crippen LogP contribution in [0.1, 0.15) is 11.3 Å². The average Bonchev–Trinajstić information content (AvgIpc) is 3.06. The summed E-state index contributed by atoms with van der Waals surface area (Å²) in [4.78, 5) is 11.4. The van der Waals surface area contributed by atoms with E-state index in [9.17, 15) is 22.8 Å². The summed E-state index contributed by atoms with van der Waals surface area (Å²) in [5.41, 5.74) is 0.576. The zero-order valence-electron chi connectivity index (χ0n) is 14.6. The molecule has 1 aromatic heterocycles. The number of hydrogen-bond donors (Lipinski definition) is 2. The number of hydrogen-bond acceptors (Lipinski definition) is 9. The Hall–Kier alpha value is -2.73. The fourth-order valence-corrected chi connectivity index (χ4v) is 2.87. The number of ether oxygens (including phenoxy) is 1. The van der Waals surface area contributed by atoms with Crippen LogP contribution in [0.3, 0.4) is 0 Å². The van der Waals surface area contributed by atoms with Crippen molar-refractivity contribution in [2.45, 2.75) is 6.42 Å². The molecule has 0 aliphatic carbocycles. The van der Waals surface area contributed by atoms with E-state index in [0.29, 0.717) is 5.56 Å². The van der Waals surface area contributed by atoms with Gasteiger partial charge >= 0.3 is 0 Å². The Bertz CT molecular complexity index is 979. The Balaban J connectivity index is 1.95. The second kappa shape index (κ2) is 9.46. The summed E-state index contributed by atoms with van der Waals surface area (Å²) in [6.45, 7) is -0.0718. The highest BCUT2D eigenvalue weighted by atomic mass is 35.5. The van der Waals surface area contributed by atoms with Crippen LogP contribution >= 0.6 is 11.6 Å². The zero-order chi connectivity index (χ0) is 20.7. The van der Waals surface area contributed by atoms with Crippen LogP contribution in [0.4, 0.5) is 4.39 Å². The smallest absolute Gasteiger partial charge is 0.285 e. The molecule has 0 aliphatic heterocycles. The second-order valence-electron chi connectivity index (χ2n) is 5.66. The number of rotatable bonds is 9. The van der Waals surface area contributed by atoms with E-state index in [1.807, 2.05) is 0 Å². The molecule has 0 fully saturated rings. The van der Waals surface area contributed by atoms with E-state index in [4.69, 9.17) is 16.3 Å². The van der Waals surface area contributed by atoms with Crippen molar-refractivity contribution in [3.8, 4) is 5.88 Å². The summed E-state index contributed by atoms with van der Waals surface area (Å²) in [6, 6.07) is 4.00. The van der Waals surface area contributed by atoms with Crippen molar-refractivity contribution in [3.05, 3.63) is 40.3 Å². The lowest BCUT2D eigenvalue weighted by Gasteiger charge is -2.07. The Labute approximate surface area is 164 Å². The van der Waals surface area contributed by atoms with Gasteiger partial charge in [0, 0.05) is 12.7 Å². The number of carbonyl (C=O) groups is 1. The first-order valence-electron chi connectivity index (χ1n) is 7.74. The molecule has 2 N–H and O–H groups in total. The van der Waals surface area contributed by atoms with Gasteiger partial charge in [-0.3, -0.25) is 4.79 Å². The van der Waals surface area contributed by atoms with Crippen molar-refractivity contribution >= 4 is 33.1 Å². The van der Waals surface area contributed by atoms with Crippen LogP contribution in [0.2, 0.25) is 5.02 Å². The topological polar surface area (TPSA) is 144 Å². The fourth-order valence-electron chi connectivity index (χ4n) is 2.09. The van der Waals surface area contributed by atoms with E-state index in [1.54, 1.807) is 0 Å². The van der Waals surface area contributed by atoms with E-state index in [-0.39, 0.29) is 41.9 Å². The average molecular weight is 435 g/mol. The second-order valence-corrected chi connectivity index (χ2v) is 8.21. The van der Waals surface area contributed by atoms with Crippen molar-refractivity contribution in [3.63, 3.8) is 0 Å². The summed E-state index contributed by atoms with van der Waals surface area (Å²) >= 11 is 5.73. The minimum Gasteiger partial charge on any atom is -0.472 e. The normalized spacial score (nSPS) is 12.0. The summed E-state index contributed by atoms with van der Waals surface area (Å²) < 4.78 is 45.2. The molecule has 0 aliphatic rings. The minimum absolute atomic E-state index is 0.000174. The largest absolute Gasteiger partial charge is 0.472 e. The molecule has 13 heteroatoms. The Morgan fingerprint density at radius 1 is 1.43 bits per heavy atom. The number of amides is 1. The summed E-state index contributed by atoms with van der Waals surface area (Å²) in [5, 5.41) is 21.8. The van der Waals surface area contributed by atoms with Crippen molar-refractivity contribution < 1.29 is 32.2 Å². The van der Waals surface area contributed by atoms with E-state index in [0.717, 1.165) is 6.26 Å². The third kappa shape index (κ3) is 6.46. The maximum Gasteiger partial charge on any atom is 0.285 e. The van der Waals surface area contributed by atoms with Crippen LogP contribution in [-0.4, -0.2) is 60.7 Å². The van der Waals surface area contributed by atoms with E-state index < -0.39 is 27.3 Å². The number of halogens is 2. The molecule has 10 nitrogen and oxygen atoms in total. The number of benzene rings is 1. The third-order valence-electron chi connectivity index (χ3n) is 3.26. The van der Waals surface area contributed by atoms with Gasteiger partial charge in [-0.25, -0.2) is 17.4 Å². The van der Waals surface area contributed by atoms with E-state index in [1.165, 1.54) is 18.2 Å². The number of carbonyl (C=O) groups excluding carboxylic acids is 1. The van der Waals surface area contributed by atoms with Crippen molar-refractivity contribution in [2.75, 3.05) is 25.2 Å². The fraction of sp³-hybridized carbons (Fsp3) is 0.333. The molecular weight excluding hydrogens is 419 g/mol. The third-order valence-corrected chi connectivity index (χ3v) is 4.34. The predicted molar refractivity (Wildman–Crippen MR) is 96.0 cm³/mol. The molecule has 0 radical (unpaired) electrons. The minimum atomic E-state index is -3.43. The predicted octanol–water partition coefficient (Wildman–Crippen LogP) is 0.823. The Kier molecular flexibility index (Phi) is 7.29. The van der Waals surface area contributed by atoms with E-state index >= 15 is 0 Å². The molecule has 2 aromatic rings. The Morgan fingerprint density at radius 2 is 2.18 bits per heavy atom. The molecule has 0 spiro atoms. The van der Waals surface area contributed by atoms with Crippen LogP contribution < -0.4 is 10.1 Å². The van der Waals surface area contributed by atoms with Gasteiger partial charge in [-0.15, -0.1) is 0 Å². The zero-order valence-corrected chi connectivity index (χ0v) is 16.1. The van der Waals surface area contributed by atoms with Crippen molar-refractivity contribution in [2.24, 2.45) is 5.16 Å². The number of aromatic nitrogens is 2. The van der Waals surface area contributed by atoms with Gasteiger partial charge in [-0.05, 0) is 28.0 Å². The van der Waals surface area contributed by atoms with E-state index in [2.05, 4.69) is 25.4 Å². The van der Waals surface area contributed by atoms with Crippen LogP contribution in [0.15, 0.2) is 28.0 Å². The molecule has 152 valence electrons. The van der Waals surface area contributed by atoms with Crippen LogP contribution in [0, 0.1) is 5.82 Å². The van der Waals surface area contributed by atoms with Gasteiger partial charge in [-0.2, -0.15) is 0 Å². The first-order valence-corrected chi connectivity index (χ1v) is 10.2. The molecule has 0 saturated carbocycles. The van der Waals surface area contributed by atoms with Gasteiger partial charge < -0.3 is 15.3 Å². The highest BCUT2D eigenvalue weighted by molar-refractivity contribution is 7.91. The number of sulfone groups is 1. The van der Waals surface area contributed by atoms with Crippen LogP contribution in [0.25, 0.3) is 0 Å². The molecule has 1 aromatic carbocycles. The quantitative estimate of drug-likeness (QED) is 0.255. The van der Waals surface area contributed by atoms with Gasteiger partial charge in [-0.1, -0.05) is 22.8 Å². The standard InChI is InChI=1S/C15H16ClFN4O6S/c1-28(24,25)8-13(22)18-4-5-26-15-14(20-27-21-15)12(19-23)7-9-2-3-11(17)10(16)6-9/h2-3,6,23H,4-5,7-8H2,1H3,(H,18,22). The molecule has 0 unspecified atom stereocenters.